The highest BCUT2D eigenvalue weighted by Crippen LogP contribution is 2.39. The molecule has 0 spiro atoms. The third kappa shape index (κ3) is 5.30. The molecule has 0 bridgehead atoms. The van der Waals surface area contributed by atoms with Crippen LogP contribution in [-0.2, 0) is 36.0 Å². The van der Waals surface area contributed by atoms with Gasteiger partial charge >= 0.3 is 0 Å². The molecule has 2 aromatic carbocycles. The van der Waals surface area contributed by atoms with E-state index in [-0.39, 0.29) is 34.3 Å². The third-order valence-corrected chi connectivity index (χ3v) is 8.60. The molecule has 1 saturated heterocycles. The first-order valence-corrected chi connectivity index (χ1v) is 15.1. The summed E-state index contributed by atoms with van der Waals surface area (Å²) in [6.07, 6.45) is 0.938. The third-order valence-electron chi connectivity index (χ3n) is 6.32. The summed E-state index contributed by atoms with van der Waals surface area (Å²) in [6.45, 7) is 5.38. The number of carbonyl (C=O) groups excluding carboxylic acids is 2. The molecule has 0 saturated carbocycles. The molecular weight excluding hydrogens is 537 g/mol. The Hall–Kier alpha value is -3.32. The van der Waals surface area contributed by atoms with Gasteiger partial charge in [0, 0.05) is 12.2 Å². The van der Waals surface area contributed by atoms with Gasteiger partial charge in [0.25, 0.3) is 0 Å². The fraction of sp³-hybridized carbons (Fsp3) is 0.400. The van der Waals surface area contributed by atoms with Gasteiger partial charge in [-0.05, 0) is 41.3 Å². The number of Topliss-reactive ketones (excluding diaryl/α,β-unsaturated/α-hetero) is 1. The van der Waals surface area contributed by atoms with Crippen molar-refractivity contribution < 1.29 is 35.6 Å². The number of carbonyl (C=O) groups is 2. The van der Waals surface area contributed by atoms with Crippen LogP contribution in [0, 0.1) is 17.2 Å². The highest BCUT2D eigenvalue weighted by atomic mass is 32.2. The molecule has 1 amide bonds. The molecule has 204 valence electrons. The normalized spacial score (nSPS) is 21.2. The number of rotatable bonds is 6. The Morgan fingerprint density at radius 1 is 1.16 bits per heavy atom. The van der Waals surface area contributed by atoms with Gasteiger partial charge in [0.2, 0.25) is 15.9 Å². The van der Waals surface area contributed by atoms with Crippen LogP contribution < -0.4 is 9.46 Å². The minimum Gasteiger partial charge on any atom is -0.494 e. The zero-order chi connectivity index (χ0) is 28.2. The molecule has 0 aromatic heterocycles. The topological polar surface area (TPSA) is 139 Å². The summed E-state index contributed by atoms with van der Waals surface area (Å²) in [7, 11) is -6.37. The smallest absolute Gasteiger partial charge is 0.239 e. The number of nitrogens with zero attached hydrogens (tertiary/aromatic N) is 2. The average molecular weight is 566 g/mol. The molecule has 0 aliphatic carbocycles. The first-order chi connectivity index (χ1) is 17.5. The number of hydrogen-bond acceptors (Lipinski definition) is 8. The molecule has 1 N–H and O–H groups in total. The fourth-order valence-corrected chi connectivity index (χ4v) is 6.91. The summed E-state index contributed by atoms with van der Waals surface area (Å²) in [5, 5.41) is 0. The lowest BCUT2D eigenvalue weighted by Gasteiger charge is -2.33. The van der Waals surface area contributed by atoms with Crippen molar-refractivity contribution in [1.29, 1.82) is 0 Å². The Morgan fingerprint density at radius 2 is 1.84 bits per heavy atom. The van der Waals surface area contributed by atoms with Crippen molar-refractivity contribution in [1.82, 2.24) is 4.90 Å². The largest absolute Gasteiger partial charge is 0.494 e. The van der Waals surface area contributed by atoms with Gasteiger partial charge in [-0.2, -0.15) is 0 Å². The van der Waals surface area contributed by atoms with Gasteiger partial charge in [0.15, 0.2) is 27.2 Å². The van der Waals surface area contributed by atoms with Gasteiger partial charge in [-0.25, -0.2) is 21.2 Å². The van der Waals surface area contributed by atoms with Gasteiger partial charge in [0.1, 0.15) is 5.92 Å². The number of hydrogen-bond donors (Lipinski definition) is 1. The predicted molar refractivity (Wildman–Crippen MR) is 139 cm³/mol. The molecule has 1 fully saturated rings. The van der Waals surface area contributed by atoms with Gasteiger partial charge in [-0.15, -0.1) is 0 Å². The van der Waals surface area contributed by atoms with Crippen molar-refractivity contribution in [2.45, 2.75) is 38.3 Å². The summed E-state index contributed by atoms with van der Waals surface area (Å²) in [5.41, 5.74) is -0.183. The van der Waals surface area contributed by atoms with Crippen molar-refractivity contribution in [3.63, 3.8) is 0 Å². The molecule has 2 aliphatic rings. The highest BCUT2D eigenvalue weighted by molar-refractivity contribution is 7.92. The summed E-state index contributed by atoms with van der Waals surface area (Å²) in [5.74, 6) is -3.71. The van der Waals surface area contributed by atoms with E-state index in [9.17, 15) is 30.8 Å². The number of sulfonamides is 1. The van der Waals surface area contributed by atoms with E-state index in [2.05, 4.69) is 9.71 Å². The van der Waals surface area contributed by atoms with E-state index in [0.717, 1.165) is 12.3 Å². The number of methoxy groups -OCH3 is 1. The number of benzene rings is 2. The van der Waals surface area contributed by atoms with Crippen molar-refractivity contribution in [2.75, 3.05) is 23.8 Å². The molecule has 4 rings (SSSR count). The van der Waals surface area contributed by atoms with Crippen LogP contribution in [0.3, 0.4) is 0 Å². The molecule has 2 heterocycles. The van der Waals surface area contributed by atoms with Gasteiger partial charge in [-0.3, -0.25) is 19.3 Å². The molecule has 1 unspecified atom stereocenters. The number of ether oxygens (including phenoxy) is 1. The Bertz CT molecular complexity index is 1580. The first kappa shape index (κ1) is 27.7. The number of fused-ring (bicyclic) bond motifs is 1. The molecule has 38 heavy (non-hydrogen) atoms. The maximum atomic E-state index is 13.9. The minimum absolute atomic E-state index is 0.00609. The second kappa shape index (κ2) is 9.45. The van der Waals surface area contributed by atoms with Crippen molar-refractivity contribution in [2.24, 2.45) is 16.3 Å². The van der Waals surface area contributed by atoms with E-state index in [0.29, 0.717) is 5.56 Å². The summed E-state index contributed by atoms with van der Waals surface area (Å²) in [6, 6.07) is 7.10. The monoisotopic (exact) mass is 565 g/mol. The van der Waals surface area contributed by atoms with E-state index in [4.69, 9.17) is 4.74 Å². The van der Waals surface area contributed by atoms with E-state index in [1.807, 2.05) is 0 Å². The summed E-state index contributed by atoms with van der Waals surface area (Å²) in [4.78, 5) is 32.9. The number of likely N-dealkylation sites (tertiary alicyclic amines) is 1. The number of amides is 1. The quantitative estimate of drug-likeness (QED) is 0.531. The van der Waals surface area contributed by atoms with Crippen molar-refractivity contribution >= 4 is 48.6 Å². The number of aliphatic imine (C=N–C) groups is 1. The van der Waals surface area contributed by atoms with Crippen LogP contribution in [0.2, 0.25) is 0 Å². The van der Waals surface area contributed by atoms with Crippen LogP contribution in [0.15, 0.2) is 46.3 Å². The second-order valence-corrected chi connectivity index (χ2v) is 14.2. The van der Waals surface area contributed by atoms with E-state index < -0.39 is 60.5 Å². The maximum Gasteiger partial charge on any atom is 0.239 e. The van der Waals surface area contributed by atoms with E-state index in [1.165, 1.54) is 42.3 Å². The minimum atomic E-state index is -4.04. The number of anilines is 1. The van der Waals surface area contributed by atoms with E-state index >= 15 is 0 Å². The predicted octanol–water partition coefficient (Wildman–Crippen LogP) is 2.71. The van der Waals surface area contributed by atoms with Crippen LogP contribution in [0.25, 0.3) is 0 Å². The van der Waals surface area contributed by atoms with Crippen LogP contribution >= 0.6 is 0 Å². The zero-order valence-electron chi connectivity index (χ0n) is 21.5. The SMILES string of the molecule is COc1cc(CN2C(=O)C(C3=Nc4ccc(NS(C)(=O)=O)cc4S(=O)(=O)C3)C(=O)[C@@H]2C(C)(C)C)ccc1F. The first-order valence-electron chi connectivity index (χ1n) is 11.6. The molecule has 2 aliphatic heterocycles. The van der Waals surface area contributed by atoms with Crippen LogP contribution in [-0.4, -0.2) is 64.3 Å². The second-order valence-electron chi connectivity index (χ2n) is 10.5. The zero-order valence-corrected chi connectivity index (χ0v) is 23.1. The number of halogens is 1. The fourth-order valence-electron chi connectivity index (χ4n) is 4.84. The lowest BCUT2D eigenvalue weighted by atomic mass is 9.82. The maximum absolute atomic E-state index is 13.9. The van der Waals surface area contributed by atoms with Gasteiger partial charge in [-0.1, -0.05) is 26.8 Å². The van der Waals surface area contributed by atoms with E-state index in [1.54, 1.807) is 20.8 Å². The Labute approximate surface area is 220 Å². The molecule has 10 nitrogen and oxygen atoms in total. The summed E-state index contributed by atoms with van der Waals surface area (Å²) < 4.78 is 70.7. The Morgan fingerprint density at radius 3 is 2.45 bits per heavy atom. The lowest BCUT2D eigenvalue weighted by molar-refractivity contribution is -0.132. The molecular formula is C25H28FN3O7S2. The standard InChI is InChI=1S/C25H28FN3O7S2/c1-25(2,3)23-22(30)21(24(31)29(23)12-14-6-8-16(26)19(10-14)36-4)18-13-38(34,35)20-11-15(28-37(5,32)33)7-9-17(20)27-18/h6-11,21,23,28H,12-13H2,1-5H3/t21?,23-/m1/s1. The van der Waals surface area contributed by atoms with Crippen LogP contribution in [0.5, 0.6) is 5.75 Å². The van der Waals surface area contributed by atoms with Gasteiger partial charge in [0.05, 0.1) is 41.5 Å². The highest BCUT2D eigenvalue weighted by Gasteiger charge is 2.54. The number of ketones is 1. The average Bonchev–Trinajstić information content (AvgIpc) is 3.03. The number of sulfone groups is 1. The molecule has 0 radical (unpaired) electrons. The van der Waals surface area contributed by atoms with Crippen LogP contribution in [0.1, 0.15) is 26.3 Å². The Kier molecular flexibility index (Phi) is 6.89. The Balaban J connectivity index is 1.74. The van der Waals surface area contributed by atoms with Crippen molar-refractivity contribution in [3.8, 4) is 5.75 Å². The number of nitrogens with one attached hydrogen (secondary N) is 1. The lowest BCUT2D eigenvalue weighted by Crippen LogP contribution is -2.44. The summed E-state index contributed by atoms with van der Waals surface area (Å²) >= 11 is 0. The van der Waals surface area contributed by atoms with Crippen molar-refractivity contribution in [3.05, 3.63) is 47.8 Å². The molecule has 13 heteroatoms. The van der Waals surface area contributed by atoms with Gasteiger partial charge < -0.3 is 9.64 Å². The van der Waals surface area contributed by atoms with Crippen LogP contribution in [0.4, 0.5) is 15.8 Å². The molecule has 2 aromatic rings. The molecule has 2 atom stereocenters.